The number of halogens is 1. The van der Waals surface area contributed by atoms with Crippen molar-refractivity contribution in [2.75, 3.05) is 26.1 Å². The second-order valence-corrected chi connectivity index (χ2v) is 6.11. The van der Waals surface area contributed by atoms with E-state index < -0.39 is 0 Å². The fourth-order valence-corrected chi connectivity index (χ4v) is 2.22. The molecule has 0 heterocycles. The van der Waals surface area contributed by atoms with Crippen LogP contribution in [0.25, 0.3) is 0 Å². The van der Waals surface area contributed by atoms with Crippen molar-refractivity contribution < 1.29 is 4.74 Å². The van der Waals surface area contributed by atoms with Gasteiger partial charge in [0, 0.05) is 12.4 Å². The summed E-state index contributed by atoms with van der Waals surface area (Å²) >= 11 is 5.74. The Balaban J connectivity index is 2.22. The zero-order valence-electron chi connectivity index (χ0n) is 12.3. The van der Waals surface area contributed by atoms with Gasteiger partial charge in [-0.25, -0.2) is 0 Å². The third kappa shape index (κ3) is 6.84. The van der Waals surface area contributed by atoms with Crippen LogP contribution in [0.1, 0.15) is 32.3 Å². The Morgan fingerprint density at radius 2 is 1.89 bits per heavy atom. The maximum Gasteiger partial charge on any atom is 0.118 e. The zero-order chi connectivity index (χ0) is 14.1. The number of methoxy groups -OCH3 is 1. The highest BCUT2D eigenvalue weighted by Crippen LogP contribution is 2.21. The van der Waals surface area contributed by atoms with E-state index in [1.807, 2.05) is 12.1 Å². The first-order chi connectivity index (χ1) is 9.07. The molecule has 19 heavy (non-hydrogen) atoms. The standard InChI is InChI=1S/C16H26ClNO/c1-16(2,10-4-11-17)13-18-12-9-14-5-7-15(19-3)8-6-14/h5-8,18H,4,9-13H2,1-3H3. The second-order valence-electron chi connectivity index (χ2n) is 5.73. The quantitative estimate of drug-likeness (QED) is 0.549. The monoisotopic (exact) mass is 283 g/mol. The smallest absolute Gasteiger partial charge is 0.118 e. The molecular weight excluding hydrogens is 258 g/mol. The average molecular weight is 284 g/mol. The van der Waals surface area contributed by atoms with Crippen molar-refractivity contribution in [1.82, 2.24) is 5.32 Å². The van der Waals surface area contributed by atoms with Crippen LogP contribution >= 0.6 is 11.6 Å². The van der Waals surface area contributed by atoms with Gasteiger partial charge >= 0.3 is 0 Å². The minimum Gasteiger partial charge on any atom is -0.497 e. The Morgan fingerprint density at radius 1 is 1.21 bits per heavy atom. The number of alkyl halides is 1. The fraction of sp³-hybridized carbons (Fsp3) is 0.625. The zero-order valence-corrected chi connectivity index (χ0v) is 13.1. The molecule has 0 fully saturated rings. The molecule has 108 valence electrons. The summed E-state index contributed by atoms with van der Waals surface area (Å²) in [5.41, 5.74) is 1.67. The van der Waals surface area contributed by atoms with Gasteiger partial charge in [0.25, 0.3) is 0 Å². The fourth-order valence-electron chi connectivity index (χ4n) is 2.09. The lowest BCUT2D eigenvalue weighted by molar-refractivity contribution is 0.313. The van der Waals surface area contributed by atoms with E-state index in [0.29, 0.717) is 5.41 Å². The van der Waals surface area contributed by atoms with Gasteiger partial charge in [-0.05, 0) is 48.9 Å². The van der Waals surface area contributed by atoms with Crippen LogP contribution in [0.3, 0.4) is 0 Å². The van der Waals surface area contributed by atoms with E-state index in [0.717, 1.165) is 37.6 Å². The molecule has 0 unspecified atom stereocenters. The Kier molecular flexibility index (Phi) is 7.25. The molecule has 1 aromatic rings. The normalized spacial score (nSPS) is 11.6. The molecule has 0 aliphatic carbocycles. The molecule has 1 aromatic carbocycles. The van der Waals surface area contributed by atoms with Gasteiger partial charge in [0.15, 0.2) is 0 Å². The SMILES string of the molecule is COc1ccc(CCNCC(C)(C)CCCCl)cc1. The molecule has 1 N–H and O–H groups in total. The third-order valence-electron chi connectivity index (χ3n) is 3.34. The molecular formula is C16H26ClNO. The number of nitrogens with one attached hydrogen (secondary N) is 1. The Labute approximate surface area is 122 Å². The van der Waals surface area contributed by atoms with Crippen LogP contribution < -0.4 is 10.1 Å². The van der Waals surface area contributed by atoms with Crippen molar-refractivity contribution in [2.24, 2.45) is 5.41 Å². The van der Waals surface area contributed by atoms with Crippen LogP contribution in [0.5, 0.6) is 5.75 Å². The van der Waals surface area contributed by atoms with E-state index in [9.17, 15) is 0 Å². The highest BCUT2D eigenvalue weighted by Gasteiger charge is 2.16. The predicted octanol–water partition coefficient (Wildman–Crippen LogP) is 3.87. The third-order valence-corrected chi connectivity index (χ3v) is 3.61. The maximum absolute atomic E-state index is 5.74. The van der Waals surface area contributed by atoms with Crippen molar-refractivity contribution in [3.63, 3.8) is 0 Å². The number of rotatable bonds is 9. The van der Waals surface area contributed by atoms with Gasteiger partial charge in [-0.3, -0.25) is 0 Å². The molecule has 2 nitrogen and oxygen atoms in total. The summed E-state index contributed by atoms with van der Waals surface area (Å²) in [4.78, 5) is 0. The number of benzene rings is 1. The van der Waals surface area contributed by atoms with Gasteiger partial charge in [0.1, 0.15) is 5.75 Å². The minimum atomic E-state index is 0.328. The molecule has 0 aliphatic heterocycles. The van der Waals surface area contributed by atoms with Gasteiger partial charge in [-0.2, -0.15) is 0 Å². The van der Waals surface area contributed by atoms with E-state index in [4.69, 9.17) is 16.3 Å². The molecule has 0 bridgehead atoms. The largest absolute Gasteiger partial charge is 0.497 e. The van der Waals surface area contributed by atoms with Gasteiger partial charge in [-0.15, -0.1) is 11.6 Å². The van der Waals surface area contributed by atoms with Crippen molar-refractivity contribution in [1.29, 1.82) is 0 Å². The number of hydrogen-bond donors (Lipinski definition) is 1. The Hall–Kier alpha value is -0.730. The molecule has 0 aromatic heterocycles. The number of hydrogen-bond acceptors (Lipinski definition) is 2. The molecule has 0 saturated heterocycles. The minimum absolute atomic E-state index is 0.328. The van der Waals surface area contributed by atoms with Crippen LogP contribution in [0.2, 0.25) is 0 Å². The van der Waals surface area contributed by atoms with E-state index in [2.05, 4.69) is 31.3 Å². The van der Waals surface area contributed by atoms with Crippen LogP contribution in [0, 0.1) is 5.41 Å². The van der Waals surface area contributed by atoms with Crippen LogP contribution in [-0.2, 0) is 6.42 Å². The Bertz CT molecular complexity index is 348. The van der Waals surface area contributed by atoms with Crippen LogP contribution in [0.15, 0.2) is 24.3 Å². The molecule has 0 spiro atoms. The molecule has 0 amide bonds. The summed E-state index contributed by atoms with van der Waals surface area (Å²) in [7, 11) is 1.69. The lowest BCUT2D eigenvalue weighted by Crippen LogP contribution is -2.30. The summed E-state index contributed by atoms with van der Waals surface area (Å²) in [6.45, 7) is 6.64. The maximum atomic E-state index is 5.74. The molecule has 3 heteroatoms. The van der Waals surface area contributed by atoms with Gasteiger partial charge in [0.05, 0.1) is 7.11 Å². The summed E-state index contributed by atoms with van der Waals surface area (Å²) in [5.74, 6) is 1.67. The van der Waals surface area contributed by atoms with Crippen molar-refractivity contribution in [3.8, 4) is 5.75 Å². The van der Waals surface area contributed by atoms with Crippen molar-refractivity contribution in [2.45, 2.75) is 33.1 Å². The summed E-state index contributed by atoms with van der Waals surface area (Å²) in [5, 5.41) is 3.54. The van der Waals surface area contributed by atoms with Gasteiger partial charge < -0.3 is 10.1 Å². The summed E-state index contributed by atoms with van der Waals surface area (Å²) < 4.78 is 5.15. The summed E-state index contributed by atoms with van der Waals surface area (Å²) in [6, 6.07) is 8.28. The molecule has 1 rings (SSSR count). The van der Waals surface area contributed by atoms with E-state index in [1.165, 1.54) is 12.0 Å². The molecule has 0 radical (unpaired) electrons. The van der Waals surface area contributed by atoms with Crippen LogP contribution in [-0.4, -0.2) is 26.1 Å². The highest BCUT2D eigenvalue weighted by atomic mass is 35.5. The highest BCUT2D eigenvalue weighted by molar-refractivity contribution is 6.17. The van der Waals surface area contributed by atoms with Crippen molar-refractivity contribution in [3.05, 3.63) is 29.8 Å². The van der Waals surface area contributed by atoms with E-state index in [-0.39, 0.29) is 0 Å². The predicted molar refractivity (Wildman–Crippen MR) is 83.3 cm³/mol. The molecule has 0 atom stereocenters. The van der Waals surface area contributed by atoms with Gasteiger partial charge in [-0.1, -0.05) is 26.0 Å². The van der Waals surface area contributed by atoms with Crippen molar-refractivity contribution >= 4 is 11.6 Å². The van der Waals surface area contributed by atoms with Crippen LogP contribution in [0.4, 0.5) is 0 Å². The lowest BCUT2D eigenvalue weighted by atomic mass is 9.88. The first kappa shape index (κ1) is 16.3. The van der Waals surface area contributed by atoms with E-state index in [1.54, 1.807) is 7.11 Å². The van der Waals surface area contributed by atoms with Gasteiger partial charge in [0.2, 0.25) is 0 Å². The molecule has 0 aliphatic rings. The topological polar surface area (TPSA) is 21.3 Å². The first-order valence-electron chi connectivity index (χ1n) is 6.97. The first-order valence-corrected chi connectivity index (χ1v) is 7.50. The molecule has 0 saturated carbocycles. The summed E-state index contributed by atoms with van der Waals surface area (Å²) in [6.07, 6.45) is 3.32. The van der Waals surface area contributed by atoms with E-state index >= 15 is 0 Å². The number of ether oxygens (including phenoxy) is 1. The average Bonchev–Trinajstić information content (AvgIpc) is 2.42. The lowest BCUT2D eigenvalue weighted by Gasteiger charge is -2.24. The second kappa shape index (κ2) is 8.44. The Morgan fingerprint density at radius 3 is 2.47 bits per heavy atom.